The van der Waals surface area contributed by atoms with Crippen LogP contribution < -0.4 is 14.8 Å². The Labute approximate surface area is 156 Å². The van der Waals surface area contributed by atoms with Gasteiger partial charge in [0.15, 0.2) is 11.5 Å². The minimum atomic E-state index is -0.575. The standard InChI is InChI=1S/C18H19ClN2O5/c1-3-25-16-8-5-12(9-17(16)26-4-2)11-20-18(22)14-10-13(21(23)24)6-7-15(14)19/h5-10H,3-4,11H2,1-2H3,(H,20,22). The zero-order valence-corrected chi connectivity index (χ0v) is 15.2. The summed E-state index contributed by atoms with van der Waals surface area (Å²) in [5.74, 6) is 0.728. The normalized spacial score (nSPS) is 10.3. The number of nitrogens with zero attached hydrogens (tertiary/aromatic N) is 1. The van der Waals surface area contributed by atoms with Gasteiger partial charge < -0.3 is 14.8 Å². The van der Waals surface area contributed by atoms with Crippen molar-refractivity contribution >= 4 is 23.2 Å². The van der Waals surface area contributed by atoms with Gasteiger partial charge in [-0.2, -0.15) is 0 Å². The first kappa shape index (κ1) is 19.5. The molecule has 1 N–H and O–H groups in total. The van der Waals surface area contributed by atoms with Gasteiger partial charge in [0.05, 0.1) is 28.7 Å². The van der Waals surface area contributed by atoms with Crippen LogP contribution in [0.15, 0.2) is 36.4 Å². The van der Waals surface area contributed by atoms with Gasteiger partial charge >= 0.3 is 0 Å². The number of ether oxygens (including phenoxy) is 2. The highest BCUT2D eigenvalue weighted by molar-refractivity contribution is 6.33. The molecule has 0 heterocycles. The van der Waals surface area contributed by atoms with Crippen LogP contribution in [0, 0.1) is 10.1 Å². The lowest BCUT2D eigenvalue weighted by molar-refractivity contribution is -0.384. The topological polar surface area (TPSA) is 90.7 Å². The lowest BCUT2D eigenvalue weighted by Crippen LogP contribution is -2.23. The third-order valence-electron chi connectivity index (χ3n) is 3.47. The van der Waals surface area contributed by atoms with E-state index in [1.165, 1.54) is 12.1 Å². The second kappa shape index (κ2) is 9.05. The second-order valence-electron chi connectivity index (χ2n) is 5.25. The molecule has 1 amide bonds. The molecule has 0 fully saturated rings. The molecule has 26 heavy (non-hydrogen) atoms. The third-order valence-corrected chi connectivity index (χ3v) is 3.80. The molecular weight excluding hydrogens is 360 g/mol. The van der Waals surface area contributed by atoms with Crippen molar-refractivity contribution in [2.75, 3.05) is 13.2 Å². The average Bonchev–Trinajstić information content (AvgIpc) is 2.62. The van der Waals surface area contributed by atoms with Crippen molar-refractivity contribution in [2.24, 2.45) is 0 Å². The molecule has 0 saturated carbocycles. The molecule has 0 aliphatic carbocycles. The molecule has 0 aromatic heterocycles. The van der Waals surface area contributed by atoms with Gasteiger partial charge in [-0.1, -0.05) is 17.7 Å². The molecule has 0 spiro atoms. The molecule has 8 heteroatoms. The Balaban J connectivity index is 2.13. The summed E-state index contributed by atoms with van der Waals surface area (Å²) in [7, 11) is 0. The van der Waals surface area contributed by atoms with E-state index in [-0.39, 0.29) is 22.8 Å². The molecule has 0 unspecified atom stereocenters. The fourth-order valence-corrected chi connectivity index (χ4v) is 2.49. The molecule has 0 saturated heterocycles. The van der Waals surface area contributed by atoms with Gasteiger partial charge in [-0.25, -0.2) is 0 Å². The first-order valence-corrected chi connectivity index (χ1v) is 8.44. The Morgan fingerprint density at radius 1 is 1.12 bits per heavy atom. The fraction of sp³-hybridized carbons (Fsp3) is 0.278. The summed E-state index contributed by atoms with van der Waals surface area (Å²) >= 11 is 5.98. The summed E-state index contributed by atoms with van der Waals surface area (Å²) in [4.78, 5) is 22.6. The summed E-state index contributed by atoms with van der Waals surface area (Å²) < 4.78 is 11.0. The minimum Gasteiger partial charge on any atom is -0.490 e. The maximum atomic E-state index is 12.3. The van der Waals surface area contributed by atoms with E-state index in [0.29, 0.717) is 24.7 Å². The fourth-order valence-electron chi connectivity index (χ4n) is 2.28. The largest absolute Gasteiger partial charge is 0.490 e. The van der Waals surface area contributed by atoms with Crippen molar-refractivity contribution in [3.05, 3.63) is 62.7 Å². The summed E-state index contributed by atoms with van der Waals surface area (Å²) in [5.41, 5.74) is 0.655. The van der Waals surface area contributed by atoms with E-state index < -0.39 is 10.8 Å². The summed E-state index contributed by atoms with van der Waals surface area (Å²) in [6, 6.07) is 9.10. The van der Waals surface area contributed by atoms with Crippen LogP contribution in [0.3, 0.4) is 0 Å². The summed E-state index contributed by atoms with van der Waals surface area (Å²) in [6.45, 7) is 4.96. The maximum Gasteiger partial charge on any atom is 0.270 e. The van der Waals surface area contributed by atoms with Gasteiger partial charge in [-0.3, -0.25) is 14.9 Å². The number of nitrogens with one attached hydrogen (secondary N) is 1. The monoisotopic (exact) mass is 378 g/mol. The molecule has 0 aliphatic heterocycles. The number of amides is 1. The van der Waals surface area contributed by atoms with E-state index in [2.05, 4.69) is 5.32 Å². The van der Waals surface area contributed by atoms with Crippen LogP contribution in [0.25, 0.3) is 0 Å². The maximum absolute atomic E-state index is 12.3. The van der Waals surface area contributed by atoms with Crippen LogP contribution in [0.5, 0.6) is 11.5 Å². The average molecular weight is 379 g/mol. The number of carbonyl (C=O) groups is 1. The Bertz CT molecular complexity index is 810. The summed E-state index contributed by atoms with van der Waals surface area (Å²) in [6.07, 6.45) is 0. The molecule has 2 aromatic rings. The van der Waals surface area contributed by atoms with Gasteiger partial charge in [0.25, 0.3) is 11.6 Å². The molecule has 138 valence electrons. The molecule has 2 rings (SSSR count). The van der Waals surface area contributed by atoms with E-state index in [1.54, 1.807) is 12.1 Å². The van der Waals surface area contributed by atoms with Crippen molar-refractivity contribution in [1.82, 2.24) is 5.32 Å². The molecule has 0 bridgehead atoms. The summed E-state index contributed by atoms with van der Waals surface area (Å²) in [5, 5.41) is 13.7. The SMILES string of the molecule is CCOc1ccc(CNC(=O)c2cc([N+](=O)[O-])ccc2Cl)cc1OCC. The first-order chi connectivity index (χ1) is 12.5. The van der Waals surface area contributed by atoms with Gasteiger partial charge in [-0.15, -0.1) is 0 Å². The van der Waals surface area contributed by atoms with Crippen molar-refractivity contribution in [3.8, 4) is 11.5 Å². The second-order valence-corrected chi connectivity index (χ2v) is 5.66. The number of nitro groups is 1. The van der Waals surface area contributed by atoms with Crippen LogP contribution in [0.2, 0.25) is 5.02 Å². The Kier molecular flexibility index (Phi) is 6.80. The molecule has 0 atom stereocenters. The van der Waals surface area contributed by atoms with Crippen molar-refractivity contribution in [1.29, 1.82) is 0 Å². The Morgan fingerprint density at radius 3 is 2.46 bits per heavy atom. The van der Waals surface area contributed by atoms with Gasteiger partial charge in [0, 0.05) is 18.7 Å². The van der Waals surface area contributed by atoms with E-state index in [1.807, 2.05) is 19.9 Å². The van der Waals surface area contributed by atoms with Gasteiger partial charge in [0.1, 0.15) is 0 Å². The molecule has 7 nitrogen and oxygen atoms in total. The van der Waals surface area contributed by atoms with Gasteiger partial charge in [-0.05, 0) is 37.6 Å². The number of benzene rings is 2. The highest BCUT2D eigenvalue weighted by Crippen LogP contribution is 2.28. The van der Waals surface area contributed by atoms with E-state index >= 15 is 0 Å². The van der Waals surface area contributed by atoms with Crippen LogP contribution >= 0.6 is 11.6 Å². The zero-order valence-electron chi connectivity index (χ0n) is 14.5. The third kappa shape index (κ3) is 4.86. The van der Waals surface area contributed by atoms with Gasteiger partial charge in [0.2, 0.25) is 0 Å². The van der Waals surface area contributed by atoms with E-state index in [9.17, 15) is 14.9 Å². The highest BCUT2D eigenvalue weighted by Gasteiger charge is 2.16. The highest BCUT2D eigenvalue weighted by atomic mass is 35.5. The predicted molar refractivity (Wildman–Crippen MR) is 98.1 cm³/mol. The quantitative estimate of drug-likeness (QED) is 0.554. The number of rotatable bonds is 8. The smallest absolute Gasteiger partial charge is 0.270 e. The Hall–Kier alpha value is -2.80. The van der Waals surface area contributed by atoms with Crippen molar-refractivity contribution in [2.45, 2.75) is 20.4 Å². The minimum absolute atomic E-state index is 0.0526. The predicted octanol–water partition coefficient (Wildman–Crippen LogP) is 3.98. The van der Waals surface area contributed by atoms with E-state index in [4.69, 9.17) is 21.1 Å². The lowest BCUT2D eigenvalue weighted by Gasteiger charge is -2.13. The number of carbonyl (C=O) groups excluding carboxylic acids is 1. The van der Waals surface area contributed by atoms with Crippen molar-refractivity contribution < 1.29 is 19.2 Å². The van der Waals surface area contributed by atoms with Crippen LogP contribution in [0.4, 0.5) is 5.69 Å². The van der Waals surface area contributed by atoms with Crippen LogP contribution in [0.1, 0.15) is 29.8 Å². The number of halogens is 1. The van der Waals surface area contributed by atoms with Crippen molar-refractivity contribution in [3.63, 3.8) is 0 Å². The zero-order chi connectivity index (χ0) is 19.1. The number of non-ortho nitro benzene ring substituents is 1. The van der Waals surface area contributed by atoms with Crippen LogP contribution in [-0.2, 0) is 6.54 Å². The van der Waals surface area contributed by atoms with Crippen LogP contribution in [-0.4, -0.2) is 24.0 Å². The molecular formula is C18H19ClN2O5. The molecule has 0 aliphatic rings. The Morgan fingerprint density at radius 2 is 1.81 bits per heavy atom. The van der Waals surface area contributed by atoms with E-state index in [0.717, 1.165) is 11.6 Å². The number of hydrogen-bond donors (Lipinski definition) is 1. The molecule has 2 aromatic carbocycles. The first-order valence-electron chi connectivity index (χ1n) is 8.06. The number of hydrogen-bond acceptors (Lipinski definition) is 5. The lowest BCUT2D eigenvalue weighted by atomic mass is 10.1. The number of nitro benzene ring substituents is 1. The molecule has 0 radical (unpaired) electrons.